The SMILES string of the molecule is NC(=O)c1nn2cccnc2c1F. The fraction of sp³-hybridized carbons (Fsp3) is 0. The maximum atomic E-state index is 13.2. The third kappa shape index (κ3) is 1.03. The lowest BCUT2D eigenvalue weighted by Gasteiger charge is -1.86. The van der Waals surface area contributed by atoms with E-state index in [2.05, 4.69) is 10.1 Å². The molecule has 0 aliphatic rings. The van der Waals surface area contributed by atoms with E-state index in [-0.39, 0.29) is 5.65 Å². The van der Waals surface area contributed by atoms with Gasteiger partial charge in [-0.15, -0.1) is 0 Å². The Bertz CT molecular complexity index is 478. The molecule has 0 fully saturated rings. The molecule has 2 aromatic rings. The molecule has 6 heteroatoms. The summed E-state index contributed by atoms with van der Waals surface area (Å²) in [6, 6.07) is 1.57. The van der Waals surface area contributed by atoms with Crippen LogP contribution >= 0.6 is 0 Å². The summed E-state index contributed by atoms with van der Waals surface area (Å²) in [6.07, 6.45) is 2.89. The number of hydrogen-bond donors (Lipinski definition) is 1. The van der Waals surface area contributed by atoms with Crippen molar-refractivity contribution in [2.75, 3.05) is 0 Å². The molecular weight excluding hydrogens is 175 g/mol. The van der Waals surface area contributed by atoms with Crippen LogP contribution in [0.15, 0.2) is 18.5 Å². The van der Waals surface area contributed by atoms with Gasteiger partial charge in [-0.05, 0) is 6.07 Å². The maximum absolute atomic E-state index is 13.2. The van der Waals surface area contributed by atoms with E-state index >= 15 is 0 Å². The van der Waals surface area contributed by atoms with Gasteiger partial charge in [-0.25, -0.2) is 13.9 Å². The minimum absolute atomic E-state index is 0.00343. The molecule has 0 aliphatic carbocycles. The lowest BCUT2D eigenvalue weighted by atomic mass is 10.4. The van der Waals surface area contributed by atoms with Crippen molar-refractivity contribution in [3.05, 3.63) is 30.0 Å². The topological polar surface area (TPSA) is 73.3 Å². The minimum Gasteiger partial charge on any atom is -0.364 e. The molecular formula is C7H5FN4O. The average molecular weight is 180 g/mol. The number of fused-ring (bicyclic) bond motifs is 1. The molecule has 66 valence electrons. The summed E-state index contributed by atoms with van der Waals surface area (Å²) in [5.74, 6) is -1.68. The molecule has 13 heavy (non-hydrogen) atoms. The molecule has 0 aromatic carbocycles. The quantitative estimate of drug-likeness (QED) is 0.669. The Morgan fingerprint density at radius 2 is 2.38 bits per heavy atom. The van der Waals surface area contributed by atoms with Gasteiger partial charge in [0, 0.05) is 12.4 Å². The minimum atomic E-state index is -0.900. The molecule has 2 heterocycles. The van der Waals surface area contributed by atoms with E-state index in [0.29, 0.717) is 0 Å². The molecule has 5 nitrogen and oxygen atoms in total. The third-order valence-corrected chi connectivity index (χ3v) is 1.57. The van der Waals surface area contributed by atoms with E-state index in [1.54, 1.807) is 6.07 Å². The van der Waals surface area contributed by atoms with Gasteiger partial charge in [0.25, 0.3) is 5.91 Å². The van der Waals surface area contributed by atoms with Gasteiger partial charge in [-0.3, -0.25) is 4.79 Å². The lowest BCUT2D eigenvalue weighted by molar-refractivity contribution is 0.0991. The molecule has 0 unspecified atom stereocenters. The van der Waals surface area contributed by atoms with Crippen molar-refractivity contribution in [3.63, 3.8) is 0 Å². The molecule has 0 aliphatic heterocycles. The Labute approximate surface area is 72.0 Å². The van der Waals surface area contributed by atoms with Crippen LogP contribution < -0.4 is 5.73 Å². The van der Waals surface area contributed by atoms with Gasteiger partial charge >= 0.3 is 0 Å². The van der Waals surface area contributed by atoms with Crippen molar-refractivity contribution in [1.82, 2.24) is 14.6 Å². The van der Waals surface area contributed by atoms with Crippen LogP contribution in [0, 0.1) is 5.82 Å². The van der Waals surface area contributed by atoms with Gasteiger partial charge in [0.15, 0.2) is 11.3 Å². The number of nitrogens with two attached hydrogens (primary N) is 1. The van der Waals surface area contributed by atoms with Gasteiger partial charge in [0.1, 0.15) is 0 Å². The second kappa shape index (κ2) is 2.51. The molecule has 2 N–H and O–H groups in total. The summed E-state index contributed by atoms with van der Waals surface area (Å²) in [5.41, 5.74) is 4.50. The zero-order chi connectivity index (χ0) is 9.42. The molecule has 0 radical (unpaired) electrons. The van der Waals surface area contributed by atoms with E-state index in [1.165, 1.54) is 12.4 Å². The van der Waals surface area contributed by atoms with Crippen molar-refractivity contribution >= 4 is 11.6 Å². The van der Waals surface area contributed by atoms with Crippen LogP contribution in [-0.2, 0) is 0 Å². The Balaban J connectivity index is 2.81. The third-order valence-electron chi connectivity index (χ3n) is 1.57. The number of aromatic nitrogens is 3. The largest absolute Gasteiger partial charge is 0.364 e. The Hall–Kier alpha value is -1.98. The Kier molecular flexibility index (Phi) is 1.48. The van der Waals surface area contributed by atoms with E-state index in [4.69, 9.17) is 5.73 Å². The highest BCUT2D eigenvalue weighted by molar-refractivity contribution is 5.92. The van der Waals surface area contributed by atoms with Crippen molar-refractivity contribution in [2.45, 2.75) is 0 Å². The van der Waals surface area contributed by atoms with Crippen LogP contribution in [0.25, 0.3) is 5.65 Å². The van der Waals surface area contributed by atoms with E-state index in [9.17, 15) is 9.18 Å². The van der Waals surface area contributed by atoms with Crippen molar-refractivity contribution < 1.29 is 9.18 Å². The van der Waals surface area contributed by atoms with Crippen LogP contribution in [-0.4, -0.2) is 20.5 Å². The first-order chi connectivity index (χ1) is 6.20. The molecule has 0 saturated carbocycles. The predicted molar refractivity (Wildman–Crippen MR) is 41.5 cm³/mol. The molecule has 2 rings (SSSR count). The molecule has 0 saturated heterocycles. The summed E-state index contributed by atoms with van der Waals surface area (Å²) in [4.78, 5) is 14.4. The molecule has 2 aromatic heterocycles. The summed E-state index contributed by atoms with van der Waals surface area (Å²) in [6.45, 7) is 0. The summed E-state index contributed by atoms with van der Waals surface area (Å²) in [5, 5.41) is 3.62. The second-order valence-corrected chi connectivity index (χ2v) is 2.41. The van der Waals surface area contributed by atoms with E-state index in [0.717, 1.165) is 4.52 Å². The summed E-state index contributed by atoms with van der Waals surface area (Å²) < 4.78 is 14.4. The van der Waals surface area contributed by atoms with Gasteiger partial charge in [-0.1, -0.05) is 0 Å². The number of amides is 1. The molecule has 0 bridgehead atoms. The number of hydrogen-bond acceptors (Lipinski definition) is 3. The first kappa shape index (κ1) is 7.66. The predicted octanol–water partition coefficient (Wildman–Crippen LogP) is -0.0327. The van der Waals surface area contributed by atoms with Gasteiger partial charge in [0.2, 0.25) is 5.82 Å². The highest BCUT2D eigenvalue weighted by atomic mass is 19.1. The molecule has 1 amide bonds. The van der Waals surface area contributed by atoms with Crippen LogP contribution in [0.4, 0.5) is 4.39 Å². The number of carbonyl (C=O) groups is 1. The number of nitrogens with zero attached hydrogens (tertiary/aromatic N) is 3. The van der Waals surface area contributed by atoms with Crippen LogP contribution in [0.2, 0.25) is 0 Å². The lowest BCUT2D eigenvalue weighted by Crippen LogP contribution is -2.13. The van der Waals surface area contributed by atoms with Crippen molar-refractivity contribution in [3.8, 4) is 0 Å². The zero-order valence-corrected chi connectivity index (χ0v) is 6.44. The number of rotatable bonds is 1. The molecule has 0 atom stereocenters. The molecule has 0 spiro atoms. The van der Waals surface area contributed by atoms with Gasteiger partial charge < -0.3 is 5.73 Å². The summed E-state index contributed by atoms with van der Waals surface area (Å²) >= 11 is 0. The highest BCUT2D eigenvalue weighted by Gasteiger charge is 2.17. The normalized spacial score (nSPS) is 10.5. The zero-order valence-electron chi connectivity index (χ0n) is 6.44. The average Bonchev–Trinajstić information content (AvgIpc) is 2.45. The second-order valence-electron chi connectivity index (χ2n) is 2.41. The Morgan fingerprint density at radius 3 is 3.00 bits per heavy atom. The van der Waals surface area contributed by atoms with Crippen LogP contribution in [0.1, 0.15) is 10.5 Å². The van der Waals surface area contributed by atoms with E-state index in [1.807, 2.05) is 0 Å². The monoisotopic (exact) mass is 180 g/mol. The van der Waals surface area contributed by atoms with Gasteiger partial charge in [0.05, 0.1) is 0 Å². The highest BCUT2D eigenvalue weighted by Crippen LogP contribution is 2.09. The van der Waals surface area contributed by atoms with Crippen LogP contribution in [0.5, 0.6) is 0 Å². The van der Waals surface area contributed by atoms with Crippen molar-refractivity contribution in [1.29, 1.82) is 0 Å². The number of halogens is 1. The summed E-state index contributed by atoms with van der Waals surface area (Å²) in [7, 11) is 0. The number of primary amides is 1. The first-order valence-electron chi connectivity index (χ1n) is 3.49. The van der Waals surface area contributed by atoms with E-state index < -0.39 is 17.4 Å². The van der Waals surface area contributed by atoms with Gasteiger partial charge in [-0.2, -0.15) is 5.10 Å². The smallest absolute Gasteiger partial charge is 0.272 e. The fourth-order valence-corrected chi connectivity index (χ4v) is 1.02. The standard InChI is InChI=1S/C7H5FN4O/c8-4-5(6(9)13)11-12-3-1-2-10-7(4)12/h1-3H,(H2,9,13). The van der Waals surface area contributed by atoms with Crippen LogP contribution in [0.3, 0.4) is 0 Å². The van der Waals surface area contributed by atoms with Crippen molar-refractivity contribution in [2.24, 2.45) is 5.73 Å². The fourth-order valence-electron chi connectivity index (χ4n) is 1.02. The Morgan fingerprint density at radius 1 is 1.62 bits per heavy atom. The first-order valence-corrected chi connectivity index (χ1v) is 3.49. The maximum Gasteiger partial charge on any atom is 0.272 e. The number of carbonyl (C=O) groups excluding carboxylic acids is 1.